The van der Waals surface area contributed by atoms with Gasteiger partial charge in [0.05, 0.1) is 5.69 Å². The topological polar surface area (TPSA) is 32.3 Å². The van der Waals surface area contributed by atoms with Crippen LogP contribution in [0.25, 0.3) is 0 Å². The Balaban J connectivity index is 2.49. The summed E-state index contributed by atoms with van der Waals surface area (Å²) in [5.41, 5.74) is 2.18. The SMILES string of the molecule is CN1C(=O)NCc2cc(I)ccc21. The van der Waals surface area contributed by atoms with Gasteiger partial charge in [-0.1, -0.05) is 0 Å². The third kappa shape index (κ3) is 1.50. The lowest BCUT2D eigenvalue weighted by molar-refractivity contribution is 0.246. The third-order valence-corrected chi connectivity index (χ3v) is 2.81. The highest BCUT2D eigenvalue weighted by Crippen LogP contribution is 2.24. The molecule has 0 aromatic heterocycles. The Kier molecular flexibility index (Phi) is 2.15. The van der Waals surface area contributed by atoms with Gasteiger partial charge in [0.25, 0.3) is 0 Å². The molecule has 0 bridgehead atoms. The molecule has 13 heavy (non-hydrogen) atoms. The molecular weight excluding hydrogens is 279 g/mol. The standard InChI is InChI=1S/C9H9IN2O/c1-12-8-3-2-7(10)4-6(8)5-11-9(12)13/h2-4H,5H2,1H3,(H,11,13). The monoisotopic (exact) mass is 288 g/mol. The van der Waals surface area contributed by atoms with E-state index < -0.39 is 0 Å². The average Bonchev–Trinajstić information content (AvgIpc) is 2.12. The maximum Gasteiger partial charge on any atom is 0.321 e. The quantitative estimate of drug-likeness (QED) is 0.727. The number of nitrogens with zero attached hydrogens (tertiary/aromatic N) is 1. The number of nitrogens with one attached hydrogen (secondary N) is 1. The van der Waals surface area contributed by atoms with Gasteiger partial charge in [-0.3, -0.25) is 4.90 Å². The number of rotatable bonds is 0. The van der Waals surface area contributed by atoms with E-state index >= 15 is 0 Å². The van der Waals surface area contributed by atoms with Crippen LogP contribution in [0.5, 0.6) is 0 Å². The molecule has 0 aliphatic carbocycles. The summed E-state index contributed by atoms with van der Waals surface area (Å²) >= 11 is 2.27. The first-order chi connectivity index (χ1) is 6.18. The maximum absolute atomic E-state index is 11.3. The van der Waals surface area contributed by atoms with Gasteiger partial charge in [-0.05, 0) is 46.4 Å². The van der Waals surface area contributed by atoms with Crippen LogP contribution >= 0.6 is 22.6 Å². The summed E-state index contributed by atoms with van der Waals surface area (Å²) in [6.45, 7) is 0.634. The van der Waals surface area contributed by atoms with Crippen molar-refractivity contribution in [2.45, 2.75) is 6.54 Å². The fourth-order valence-electron chi connectivity index (χ4n) is 1.42. The molecule has 0 spiro atoms. The Morgan fingerprint density at radius 2 is 2.31 bits per heavy atom. The van der Waals surface area contributed by atoms with Crippen LogP contribution in [0.15, 0.2) is 18.2 Å². The molecule has 0 saturated heterocycles. The Morgan fingerprint density at radius 3 is 3.08 bits per heavy atom. The van der Waals surface area contributed by atoms with E-state index in [1.807, 2.05) is 12.1 Å². The van der Waals surface area contributed by atoms with Crippen molar-refractivity contribution in [1.29, 1.82) is 0 Å². The van der Waals surface area contributed by atoms with E-state index in [4.69, 9.17) is 0 Å². The van der Waals surface area contributed by atoms with E-state index in [2.05, 4.69) is 34.0 Å². The van der Waals surface area contributed by atoms with Crippen LogP contribution in [0.4, 0.5) is 10.5 Å². The van der Waals surface area contributed by atoms with Crippen molar-refractivity contribution in [2.75, 3.05) is 11.9 Å². The van der Waals surface area contributed by atoms with Crippen molar-refractivity contribution in [1.82, 2.24) is 5.32 Å². The minimum Gasteiger partial charge on any atom is -0.334 e. The molecule has 0 fully saturated rings. The largest absolute Gasteiger partial charge is 0.334 e. The molecule has 1 N–H and O–H groups in total. The Labute approximate surface area is 90.3 Å². The highest BCUT2D eigenvalue weighted by molar-refractivity contribution is 14.1. The second kappa shape index (κ2) is 3.17. The number of carbonyl (C=O) groups is 1. The number of fused-ring (bicyclic) bond motifs is 1. The zero-order valence-corrected chi connectivity index (χ0v) is 9.33. The number of hydrogen-bond acceptors (Lipinski definition) is 1. The van der Waals surface area contributed by atoms with Crippen molar-refractivity contribution < 1.29 is 4.79 Å². The maximum atomic E-state index is 11.3. The van der Waals surface area contributed by atoms with Crippen molar-refractivity contribution in [2.24, 2.45) is 0 Å². The summed E-state index contributed by atoms with van der Waals surface area (Å²) < 4.78 is 1.20. The Hall–Kier alpha value is -0.780. The van der Waals surface area contributed by atoms with E-state index in [0.717, 1.165) is 5.69 Å². The molecule has 0 unspecified atom stereocenters. The average molecular weight is 288 g/mol. The fraction of sp³-hybridized carbons (Fsp3) is 0.222. The lowest BCUT2D eigenvalue weighted by Gasteiger charge is -2.26. The molecule has 2 rings (SSSR count). The summed E-state index contributed by atoms with van der Waals surface area (Å²) in [5, 5.41) is 2.80. The van der Waals surface area contributed by atoms with E-state index in [0.29, 0.717) is 6.54 Å². The van der Waals surface area contributed by atoms with E-state index in [-0.39, 0.29) is 6.03 Å². The van der Waals surface area contributed by atoms with Gasteiger partial charge in [0.15, 0.2) is 0 Å². The molecule has 1 heterocycles. The summed E-state index contributed by atoms with van der Waals surface area (Å²) in [4.78, 5) is 12.9. The van der Waals surface area contributed by atoms with E-state index in [1.54, 1.807) is 11.9 Å². The van der Waals surface area contributed by atoms with Crippen molar-refractivity contribution in [3.8, 4) is 0 Å². The predicted molar refractivity (Wildman–Crippen MR) is 59.8 cm³/mol. The molecular formula is C9H9IN2O. The van der Waals surface area contributed by atoms with Crippen LogP contribution in [0.1, 0.15) is 5.56 Å². The van der Waals surface area contributed by atoms with Crippen LogP contribution < -0.4 is 10.2 Å². The molecule has 0 atom stereocenters. The normalized spacial score (nSPS) is 15.2. The van der Waals surface area contributed by atoms with Crippen molar-refractivity contribution in [3.05, 3.63) is 27.3 Å². The minimum atomic E-state index is -0.0336. The number of anilines is 1. The number of halogens is 1. The van der Waals surface area contributed by atoms with Crippen molar-refractivity contribution >= 4 is 34.3 Å². The van der Waals surface area contributed by atoms with Crippen LogP contribution in [-0.4, -0.2) is 13.1 Å². The van der Waals surface area contributed by atoms with Crippen LogP contribution in [0.2, 0.25) is 0 Å². The van der Waals surface area contributed by atoms with Gasteiger partial charge >= 0.3 is 6.03 Å². The Morgan fingerprint density at radius 1 is 1.54 bits per heavy atom. The number of carbonyl (C=O) groups excluding carboxylic acids is 1. The number of hydrogen-bond donors (Lipinski definition) is 1. The molecule has 3 nitrogen and oxygen atoms in total. The van der Waals surface area contributed by atoms with Gasteiger partial charge in [0.1, 0.15) is 0 Å². The molecule has 4 heteroatoms. The first-order valence-corrected chi connectivity index (χ1v) is 5.06. The molecule has 1 aromatic carbocycles. The van der Waals surface area contributed by atoms with Gasteiger partial charge < -0.3 is 5.32 Å². The zero-order valence-electron chi connectivity index (χ0n) is 7.17. The number of amides is 2. The molecule has 1 aliphatic rings. The van der Waals surface area contributed by atoms with Crippen LogP contribution in [0, 0.1) is 3.57 Å². The number of urea groups is 1. The second-order valence-corrected chi connectivity index (χ2v) is 4.24. The molecule has 1 aliphatic heterocycles. The highest BCUT2D eigenvalue weighted by Gasteiger charge is 2.19. The number of benzene rings is 1. The molecule has 68 valence electrons. The van der Waals surface area contributed by atoms with Gasteiger partial charge in [-0.15, -0.1) is 0 Å². The van der Waals surface area contributed by atoms with Gasteiger partial charge in [0.2, 0.25) is 0 Å². The minimum absolute atomic E-state index is 0.0336. The highest BCUT2D eigenvalue weighted by atomic mass is 127. The van der Waals surface area contributed by atoms with Gasteiger partial charge in [0, 0.05) is 17.2 Å². The lowest BCUT2D eigenvalue weighted by Crippen LogP contribution is -2.41. The van der Waals surface area contributed by atoms with E-state index in [9.17, 15) is 4.79 Å². The van der Waals surface area contributed by atoms with Crippen LogP contribution in [-0.2, 0) is 6.54 Å². The summed E-state index contributed by atoms with van der Waals surface area (Å²) in [7, 11) is 1.78. The molecule has 1 aromatic rings. The van der Waals surface area contributed by atoms with E-state index in [1.165, 1.54) is 9.13 Å². The molecule has 0 radical (unpaired) electrons. The smallest absolute Gasteiger partial charge is 0.321 e. The summed E-state index contributed by atoms with van der Waals surface area (Å²) in [5.74, 6) is 0. The first-order valence-electron chi connectivity index (χ1n) is 3.98. The molecule has 2 amide bonds. The summed E-state index contributed by atoms with van der Waals surface area (Å²) in [6, 6.07) is 6.05. The Bertz CT molecular complexity index is 365. The molecule has 0 saturated carbocycles. The third-order valence-electron chi connectivity index (χ3n) is 2.14. The fourth-order valence-corrected chi connectivity index (χ4v) is 1.98. The van der Waals surface area contributed by atoms with Gasteiger partial charge in [-0.2, -0.15) is 0 Å². The first kappa shape index (κ1) is 8.80. The zero-order chi connectivity index (χ0) is 9.42. The van der Waals surface area contributed by atoms with Crippen LogP contribution in [0.3, 0.4) is 0 Å². The predicted octanol–water partition coefficient (Wildman–Crippen LogP) is 1.95. The van der Waals surface area contributed by atoms with Gasteiger partial charge in [-0.25, -0.2) is 4.79 Å². The second-order valence-electron chi connectivity index (χ2n) is 2.99. The van der Waals surface area contributed by atoms with Crippen molar-refractivity contribution in [3.63, 3.8) is 0 Å². The lowest BCUT2D eigenvalue weighted by atomic mass is 10.1. The summed E-state index contributed by atoms with van der Waals surface area (Å²) in [6.07, 6.45) is 0.